The molecule has 0 spiro atoms. The standard InChI is InChI=1S/C13H20O2/c1-4-5-11(2)12-6-8-13(9-7-12)15-10-14-3/h6-9,11H,4-5,10H2,1-3H3. The molecule has 1 rings (SSSR count). The van der Waals surface area contributed by atoms with Gasteiger partial charge in [0, 0.05) is 7.11 Å². The number of ether oxygens (including phenoxy) is 2. The summed E-state index contributed by atoms with van der Waals surface area (Å²) in [5.74, 6) is 1.50. The molecule has 0 saturated carbocycles. The molecule has 0 aliphatic carbocycles. The Morgan fingerprint density at radius 1 is 1.20 bits per heavy atom. The zero-order valence-electron chi connectivity index (χ0n) is 9.82. The molecule has 1 aromatic rings. The SMILES string of the molecule is CCCC(C)c1ccc(OCOC)cc1. The molecule has 1 atom stereocenters. The van der Waals surface area contributed by atoms with E-state index in [0.29, 0.717) is 12.7 Å². The topological polar surface area (TPSA) is 18.5 Å². The van der Waals surface area contributed by atoms with E-state index in [1.807, 2.05) is 12.1 Å². The van der Waals surface area contributed by atoms with E-state index in [4.69, 9.17) is 9.47 Å². The van der Waals surface area contributed by atoms with E-state index in [1.165, 1.54) is 18.4 Å². The molecule has 0 heterocycles. The van der Waals surface area contributed by atoms with Gasteiger partial charge in [0.05, 0.1) is 0 Å². The van der Waals surface area contributed by atoms with Crippen LogP contribution in [0, 0.1) is 0 Å². The fourth-order valence-corrected chi connectivity index (χ4v) is 1.62. The number of benzene rings is 1. The number of methoxy groups -OCH3 is 1. The van der Waals surface area contributed by atoms with E-state index in [0.717, 1.165) is 5.75 Å². The van der Waals surface area contributed by atoms with Gasteiger partial charge in [-0.2, -0.15) is 0 Å². The average molecular weight is 208 g/mol. The Morgan fingerprint density at radius 2 is 1.87 bits per heavy atom. The van der Waals surface area contributed by atoms with Crippen LogP contribution in [-0.2, 0) is 4.74 Å². The summed E-state index contributed by atoms with van der Waals surface area (Å²) >= 11 is 0. The third-order valence-corrected chi connectivity index (χ3v) is 2.51. The third-order valence-electron chi connectivity index (χ3n) is 2.51. The van der Waals surface area contributed by atoms with Crippen molar-refractivity contribution < 1.29 is 9.47 Å². The van der Waals surface area contributed by atoms with E-state index < -0.39 is 0 Å². The molecule has 2 nitrogen and oxygen atoms in total. The Balaban J connectivity index is 2.55. The van der Waals surface area contributed by atoms with Gasteiger partial charge in [-0.15, -0.1) is 0 Å². The number of hydrogen-bond donors (Lipinski definition) is 0. The second-order valence-corrected chi connectivity index (χ2v) is 3.81. The first-order chi connectivity index (χ1) is 7.27. The lowest BCUT2D eigenvalue weighted by atomic mass is 9.97. The van der Waals surface area contributed by atoms with Crippen molar-refractivity contribution in [3.8, 4) is 5.75 Å². The highest BCUT2D eigenvalue weighted by molar-refractivity contribution is 5.29. The van der Waals surface area contributed by atoms with Crippen LogP contribution in [0.15, 0.2) is 24.3 Å². The summed E-state index contributed by atoms with van der Waals surface area (Å²) in [4.78, 5) is 0. The second kappa shape index (κ2) is 6.46. The van der Waals surface area contributed by atoms with Gasteiger partial charge in [0.15, 0.2) is 6.79 Å². The van der Waals surface area contributed by atoms with Crippen LogP contribution in [0.5, 0.6) is 5.75 Å². The molecule has 1 unspecified atom stereocenters. The molecular formula is C13H20O2. The first-order valence-electron chi connectivity index (χ1n) is 5.49. The quantitative estimate of drug-likeness (QED) is 0.665. The molecule has 0 aromatic heterocycles. The lowest BCUT2D eigenvalue weighted by molar-refractivity contribution is 0.0511. The molecule has 2 heteroatoms. The van der Waals surface area contributed by atoms with Crippen LogP contribution in [0.2, 0.25) is 0 Å². The first-order valence-corrected chi connectivity index (χ1v) is 5.49. The molecule has 0 fully saturated rings. The van der Waals surface area contributed by atoms with Gasteiger partial charge in [-0.25, -0.2) is 0 Å². The molecule has 0 aliphatic rings. The predicted molar refractivity (Wildman–Crippen MR) is 62.3 cm³/mol. The summed E-state index contributed by atoms with van der Waals surface area (Å²) in [5.41, 5.74) is 1.38. The van der Waals surface area contributed by atoms with Crippen molar-refractivity contribution in [1.82, 2.24) is 0 Å². The van der Waals surface area contributed by atoms with Gasteiger partial charge < -0.3 is 9.47 Å². The summed E-state index contributed by atoms with van der Waals surface area (Å²) in [6.45, 7) is 4.78. The van der Waals surface area contributed by atoms with Crippen LogP contribution >= 0.6 is 0 Å². The highest BCUT2D eigenvalue weighted by Gasteiger charge is 2.03. The van der Waals surface area contributed by atoms with Crippen molar-refractivity contribution in [3.63, 3.8) is 0 Å². The van der Waals surface area contributed by atoms with Crippen LogP contribution in [0.1, 0.15) is 38.2 Å². The molecule has 0 aliphatic heterocycles. The average Bonchev–Trinajstić information content (AvgIpc) is 2.27. The van der Waals surface area contributed by atoms with E-state index in [1.54, 1.807) is 7.11 Å². The van der Waals surface area contributed by atoms with Crippen molar-refractivity contribution in [2.45, 2.75) is 32.6 Å². The summed E-state index contributed by atoms with van der Waals surface area (Å²) in [6, 6.07) is 8.26. The van der Waals surface area contributed by atoms with Gasteiger partial charge in [-0.05, 0) is 30.0 Å². The zero-order chi connectivity index (χ0) is 11.1. The summed E-state index contributed by atoms with van der Waals surface area (Å²) in [5, 5.41) is 0. The molecule has 15 heavy (non-hydrogen) atoms. The van der Waals surface area contributed by atoms with Crippen molar-refractivity contribution >= 4 is 0 Å². The van der Waals surface area contributed by atoms with Crippen LogP contribution in [0.3, 0.4) is 0 Å². The predicted octanol–water partition coefficient (Wildman–Crippen LogP) is 3.57. The second-order valence-electron chi connectivity index (χ2n) is 3.81. The molecule has 0 saturated heterocycles. The van der Waals surface area contributed by atoms with E-state index in [9.17, 15) is 0 Å². The van der Waals surface area contributed by atoms with Crippen molar-refractivity contribution in [2.24, 2.45) is 0 Å². The normalized spacial score (nSPS) is 12.5. The monoisotopic (exact) mass is 208 g/mol. The van der Waals surface area contributed by atoms with Gasteiger partial charge >= 0.3 is 0 Å². The molecule has 0 amide bonds. The van der Waals surface area contributed by atoms with Gasteiger partial charge in [-0.1, -0.05) is 32.4 Å². The van der Waals surface area contributed by atoms with Gasteiger partial charge in [0.2, 0.25) is 0 Å². The fourth-order valence-electron chi connectivity index (χ4n) is 1.62. The Labute approximate surface area is 92.2 Å². The van der Waals surface area contributed by atoms with Crippen molar-refractivity contribution in [3.05, 3.63) is 29.8 Å². The number of hydrogen-bond acceptors (Lipinski definition) is 2. The van der Waals surface area contributed by atoms with E-state index in [2.05, 4.69) is 26.0 Å². The smallest absolute Gasteiger partial charge is 0.188 e. The molecule has 0 N–H and O–H groups in total. The Morgan fingerprint density at radius 3 is 2.40 bits per heavy atom. The third kappa shape index (κ3) is 3.92. The number of rotatable bonds is 6. The first kappa shape index (κ1) is 12.1. The maximum absolute atomic E-state index is 5.33. The zero-order valence-corrected chi connectivity index (χ0v) is 9.82. The van der Waals surface area contributed by atoms with E-state index in [-0.39, 0.29) is 0 Å². The highest BCUT2D eigenvalue weighted by Crippen LogP contribution is 2.22. The van der Waals surface area contributed by atoms with Crippen LogP contribution in [0.4, 0.5) is 0 Å². The maximum Gasteiger partial charge on any atom is 0.188 e. The molecule has 0 radical (unpaired) electrons. The summed E-state index contributed by atoms with van der Waals surface area (Å²) in [7, 11) is 1.62. The van der Waals surface area contributed by atoms with Crippen molar-refractivity contribution in [1.29, 1.82) is 0 Å². The molecule has 1 aromatic carbocycles. The Bertz CT molecular complexity index is 266. The molecular weight excluding hydrogens is 188 g/mol. The van der Waals surface area contributed by atoms with Crippen LogP contribution < -0.4 is 4.74 Å². The van der Waals surface area contributed by atoms with Crippen LogP contribution in [-0.4, -0.2) is 13.9 Å². The van der Waals surface area contributed by atoms with Crippen molar-refractivity contribution in [2.75, 3.05) is 13.9 Å². The lowest BCUT2D eigenvalue weighted by Gasteiger charge is -2.11. The minimum Gasteiger partial charge on any atom is -0.468 e. The maximum atomic E-state index is 5.33. The van der Waals surface area contributed by atoms with E-state index >= 15 is 0 Å². The van der Waals surface area contributed by atoms with Gasteiger partial charge in [-0.3, -0.25) is 0 Å². The summed E-state index contributed by atoms with van der Waals surface area (Å²) < 4.78 is 10.2. The Kier molecular flexibility index (Phi) is 5.19. The minimum atomic E-state index is 0.309. The molecule has 84 valence electrons. The minimum absolute atomic E-state index is 0.309. The van der Waals surface area contributed by atoms with Gasteiger partial charge in [0.1, 0.15) is 5.75 Å². The molecule has 0 bridgehead atoms. The fraction of sp³-hybridized carbons (Fsp3) is 0.538. The highest BCUT2D eigenvalue weighted by atomic mass is 16.7. The summed E-state index contributed by atoms with van der Waals surface area (Å²) in [6.07, 6.45) is 2.46. The Hall–Kier alpha value is -1.02. The lowest BCUT2D eigenvalue weighted by Crippen LogP contribution is -1.99. The largest absolute Gasteiger partial charge is 0.468 e. The van der Waals surface area contributed by atoms with Gasteiger partial charge in [0.25, 0.3) is 0 Å². The van der Waals surface area contributed by atoms with Crippen LogP contribution in [0.25, 0.3) is 0 Å².